The first-order valence-electron chi connectivity index (χ1n) is 7.08. The summed E-state index contributed by atoms with van der Waals surface area (Å²) < 4.78 is 31.1. The van der Waals surface area contributed by atoms with E-state index in [-0.39, 0.29) is 23.4 Å². The van der Waals surface area contributed by atoms with Crippen LogP contribution in [0.5, 0.6) is 0 Å². The molecule has 0 aliphatic carbocycles. The average molecular weight is 342 g/mol. The molecule has 1 atom stereocenters. The minimum absolute atomic E-state index is 0.0393. The zero-order valence-corrected chi connectivity index (χ0v) is 13.7. The van der Waals surface area contributed by atoms with Gasteiger partial charge in [0.25, 0.3) is 0 Å². The molecule has 2 heterocycles. The smallest absolute Gasteiger partial charge is 0.339 e. The number of rotatable bonds is 4. The molecule has 23 heavy (non-hydrogen) atoms. The van der Waals surface area contributed by atoms with Crippen LogP contribution in [0.3, 0.4) is 0 Å². The molecule has 8 nitrogen and oxygen atoms in total. The number of aromatic nitrogens is 1. The number of carboxylic acid groups (broad SMARTS) is 1. The number of aliphatic carboxylic acids is 1. The van der Waals surface area contributed by atoms with E-state index in [4.69, 9.17) is 0 Å². The van der Waals surface area contributed by atoms with E-state index >= 15 is 0 Å². The summed E-state index contributed by atoms with van der Waals surface area (Å²) in [4.78, 5) is 26.7. The molecule has 0 spiro atoms. The minimum atomic E-state index is -4.06. The van der Waals surface area contributed by atoms with Gasteiger partial charge in [-0.15, -0.1) is 0 Å². The maximum Gasteiger partial charge on any atom is 0.339 e. The van der Waals surface area contributed by atoms with E-state index in [1.54, 1.807) is 6.92 Å². The number of ether oxygens (including phenoxy) is 1. The Morgan fingerprint density at radius 2 is 2.09 bits per heavy atom. The third kappa shape index (κ3) is 3.35. The second kappa shape index (κ2) is 6.63. The highest BCUT2D eigenvalue weighted by molar-refractivity contribution is 7.89. The third-order valence-electron chi connectivity index (χ3n) is 3.81. The topological polar surface area (TPSA) is 114 Å². The van der Waals surface area contributed by atoms with Crippen LogP contribution in [0.2, 0.25) is 0 Å². The summed E-state index contributed by atoms with van der Waals surface area (Å²) >= 11 is 0. The van der Waals surface area contributed by atoms with E-state index in [1.807, 2.05) is 0 Å². The van der Waals surface area contributed by atoms with Crippen LogP contribution < -0.4 is 0 Å². The Balaban J connectivity index is 2.46. The van der Waals surface area contributed by atoms with Crippen molar-refractivity contribution in [3.63, 3.8) is 0 Å². The number of carbonyl (C=O) groups is 2. The Kier molecular flexibility index (Phi) is 5.00. The SMILES string of the molecule is COC(=O)c1cc(S(=O)(=O)N2CCCCC2C(=O)O)cnc1C. The van der Waals surface area contributed by atoms with Gasteiger partial charge in [-0.1, -0.05) is 0 Å². The molecule has 1 aliphatic rings. The van der Waals surface area contributed by atoms with E-state index in [9.17, 15) is 23.1 Å². The fourth-order valence-corrected chi connectivity index (χ4v) is 4.17. The van der Waals surface area contributed by atoms with Crippen LogP contribution in [0.4, 0.5) is 0 Å². The number of carboxylic acids is 1. The van der Waals surface area contributed by atoms with Crippen LogP contribution in [-0.4, -0.2) is 54.4 Å². The van der Waals surface area contributed by atoms with Gasteiger partial charge in [0.15, 0.2) is 0 Å². The number of piperidine rings is 1. The zero-order valence-electron chi connectivity index (χ0n) is 12.9. The molecule has 0 radical (unpaired) electrons. The molecular formula is C14H18N2O6S. The normalized spacial score (nSPS) is 19.3. The van der Waals surface area contributed by atoms with Gasteiger partial charge in [-0.25, -0.2) is 13.2 Å². The number of hydrogen-bond acceptors (Lipinski definition) is 6. The van der Waals surface area contributed by atoms with Gasteiger partial charge in [0, 0.05) is 12.7 Å². The molecule has 1 N–H and O–H groups in total. The predicted molar refractivity (Wildman–Crippen MR) is 79.5 cm³/mol. The Hall–Kier alpha value is -2.00. The van der Waals surface area contributed by atoms with Gasteiger partial charge < -0.3 is 9.84 Å². The number of esters is 1. The lowest BCUT2D eigenvalue weighted by molar-refractivity contribution is -0.142. The van der Waals surface area contributed by atoms with Gasteiger partial charge in [-0.2, -0.15) is 4.31 Å². The molecule has 0 aromatic carbocycles. The van der Waals surface area contributed by atoms with E-state index in [1.165, 1.54) is 13.2 Å². The van der Waals surface area contributed by atoms with Crippen molar-refractivity contribution in [3.05, 3.63) is 23.5 Å². The van der Waals surface area contributed by atoms with Crippen molar-refractivity contribution < 1.29 is 27.9 Å². The molecular weight excluding hydrogens is 324 g/mol. The molecule has 1 fully saturated rings. The highest BCUT2D eigenvalue weighted by atomic mass is 32.2. The highest BCUT2D eigenvalue weighted by Gasteiger charge is 2.38. The molecule has 0 saturated carbocycles. The van der Waals surface area contributed by atoms with Crippen LogP contribution in [0, 0.1) is 6.92 Å². The number of methoxy groups -OCH3 is 1. The fraction of sp³-hybridized carbons (Fsp3) is 0.500. The van der Waals surface area contributed by atoms with Gasteiger partial charge in [-0.3, -0.25) is 9.78 Å². The van der Waals surface area contributed by atoms with Crippen LogP contribution in [0.15, 0.2) is 17.2 Å². The second-order valence-electron chi connectivity index (χ2n) is 5.26. The fourth-order valence-electron chi connectivity index (χ4n) is 2.55. The largest absolute Gasteiger partial charge is 0.480 e. The van der Waals surface area contributed by atoms with E-state index in [2.05, 4.69) is 9.72 Å². The average Bonchev–Trinajstić information content (AvgIpc) is 2.54. The van der Waals surface area contributed by atoms with Crippen molar-refractivity contribution in [3.8, 4) is 0 Å². The molecule has 1 aliphatic heterocycles. The highest BCUT2D eigenvalue weighted by Crippen LogP contribution is 2.26. The molecule has 0 bridgehead atoms. The summed E-state index contributed by atoms with van der Waals surface area (Å²) in [6, 6.07) is 0.0773. The number of hydrogen-bond donors (Lipinski definition) is 1. The third-order valence-corrected chi connectivity index (χ3v) is 5.69. The Labute approximate surface area is 134 Å². The van der Waals surface area contributed by atoms with Gasteiger partial charge in [0.1, 0.15) is 10.9 Å². The molecule has 1 aromatic heterocycles. The van der Waals surface area contributed by atoms with E-state index in [0.29, 0.717) is 18.5 Å². The Bertz CT molecular complexity index is 731. The van der Waals surface area contributed by atoms with E-state index < -0.39 is 28.0 Å². The molecule has 1 saturated heterocycles. The molecule has 1 unspecified atom stereocenters. The first-order chi connectivity index (χ1) is 10.8. The summed E-state index contributed by atoms with van der Waals surface area (Å²) in [7, 11) is -2.87. The first-order valence-corrected chi connectivity index (χ1v) is 8.52. The second-order valence-corrected chi connectivity index (χ2v) is 7.15. The van der Waals surface area contributed by atoms with Gasteiger partial charge in [0.2, 0.25) is 10.0 Å². The molecule has 1 aromatic rings. The van der Waals surface area contributed by atoms with Crippen LogP contribution in [0.1, 0.15) is 35.3 Å². The van der Waals surface area contributed by atoms with Crippen molar-refractivity contribution in [1.29, 1.82) is 0 Å². The molecule has 0 amide bonds. The lowest BCUT2D eigenvalue weighted by Gasteiger charge is -2.31. The zero-order chi connectivity index (χ0) is 17.2. The maximum absolute atomic E-state index is 12.7. The van der Waals surface area contributed by atoms with Gasteiger partial charge in [-0.05, 0) is 32.3 Å². The van der Waals surface area contributed by atoms with Crippen molar-refractivity contribution in [2.24, 2.45) is 0 Å². The number of nitrogens with zero attached hydrogens (tertiary/aromatic N) is 2. The predicted octanol–water partition coefficient (Wildman–Crippen LogP) is 0.804. The Morgan fingerprint density at radius 1 is 1.39 bits per heavy atom. The van der Waals surface area contributed by atoms with Crippen LogP contribution in [0.25, 0.3) is 0 Å². The van der Waals surface area contributed by atoms with Crippen LogP contribution in [-0.2, 0) is 19.6 Å². The lowest BCUT2D eigenvalue weighted by Crippen LogP contribution is -2.47. The number of aryl methyl sites for hydroxylation is 1. The van der Waals surface area contributed by atoms with Crippen LogP contribution >= 0.6 is 0 Å². The molecule has 126 valence electrons. The summed E-state index contributed by atoms with van der Waals surface area (Å²) in [6.45, 7) is 1.68. The van der Waals surface area contributed by atoms with Crippen molar-refractivity contribution in [2.45, 2.75) is 37.1 Å². The molecule has 2 rings (SSSR count). The number of sulfonamides is 1. The van der Waals surface area contributed by atoms with E-state index in [0.717, 1.165) is 10.5 Å². The van der Waals surface area contributed by atoms with Crippen molar-refractivity contribution in [2.75, 3.05) is 13.7 Å². The molecule has 9 heteroatoms. The monoisotopic (exact) mass is 342 g/mol. The summed E-state index contributed by atoms with van der Waals surface area (Å²) in [5.41, 5.74) is 0.377. The Morgan fingerprint density at radius 3 is 2.70 bits per heavy atom. The van der Waals surface area contributed by atoms with Gasteiger partial charge in [0.05, 0.1) is 18.4 Å². The van der Waals surface area contributed by atoms with Crippen molar-refractivity contribution >= 4 is 22.0 Å². The summed E-state index contributed by atoms with van der Waals surface area (Å²) in [6.07, 6.45) is 2.64. The van der Waals surface area contributed by atoms with Gasteiger partial charge >= 0.3 is 11.9 Å². The maximum atomic E-state index is 12.7. The standard InChI is InChI=1S/C14H18N2O6S/c1-9-11(14(19)22-2)7-10(8-15-9)23(20,21)16-6-4-3-5-12(16)13(17)18/h7-8,12H,3-6H2,1-2H3,(H,17,18). The number of carbonyl (C=O) groups excluding carboxylic acids is 1. The quantitative estimate of drug-likeness (QED) is 0.805. The number of pyridine rings is 1. The lowest BCUT2D eigenvalue weighted by atomic mass is 10.1. The van der Waals surface area contributed by atoms with Crippen molar-refractivity contribution in [1.82, 2.24) is 9.29 Å². The minimum Gasteiger partial charge on any atom is -0.480 e. The summed E-state index contributed by atoms with van der Waals surface area (Å²) in [5.74, 6) is -1.87. The summed E-state index contributed by atoms with van der Waals surface area (Å²) in [5, 5.41) is 9.25. The first kappa shape index (κ1) is 17.4.